The summed E-state index contributed by atoms with van der Waals surface area (Å²) in [5.74, 6) is -0.534. The lowest BCUT2D eigenvalue weighted by atomic mass is 9.94. The maximum Gasteiger partial charge on any atom is 0.419 e. The molecule has 0 unspecified atom stereocenters. The van der Waals surface area contributed by atoms with Gasteiger partial charge in [0.1, 0.15) is 19.4 Å². The Kier molecular flexibility index (Phi) is 4.55. The predicted molar refractivity (Wildman–Crippen MR) is 75.2 cm³/mol. The van der Waals surface area contributed by atoms with Crippen LogP contribution in [0.4, 0.5) is 17.6 Å². The minimum absolute atomic E-state index is 0.0950. The van der Waals surface area contributed by atoms with Crippen molar-refractivity contribution < 1.29 is 22.3 Å². The van der Waals surface area contributed by atoms with Crippen LogP contribution in [0.25, 0.3) is 0 Å². The fourth-order valence-electron chi connectivity index (χ4n) is 1.92. The maximum atomic E-state index is 12.9. The molecule has 0 spiro atoms. The van der Waals surface area contributed by atoms with Crippen LogP contribution in [-0.2, 0) is 12.6 Å². The van der Waals surface area contributed by atoms with E-state index in [0.29, 0.717) is 11.9 Å². The average Bonchev–Trinajstić information content (AvgIpc) is 2.41. The average molecular weight is 296 g/mol. The van der Waals surface area contributed by atoms with Gasteiger partial charge in [0.2, 0.25) is 0 Å². The summed E-state index contributed by atoms with van der Waals surface area (Å²) >= 11 is 0. The van der Waals surface area contributed by atoms with Crippen LogP contribution in [0, 0.1) is 5.82 Å². The summed E-state index contributed by atoms with van der Waals surface area (Å²) in [7, 11) is 1.59. The lowest BCUT2D eigenvalue weighted by Crippen LogP contribution is -2.14. The van der Waals surface area contributed by atoms with Crippen molar-refractivity contribution in [2.24, 2.45) is 0 Å². The summed E-state index contributed by atoms with van der Waals surface area (Å²) in [5, 5.41) is 0. The first-order chi connectivity index (χ1) is 9.86. The van der Waals surface area contributed by atoms with Gasteiger partial charge in [0.15, 0.2) is 0 Å². The van der Waals surface area contributed by atoms with Crippen LogP contribution in [0.3, 0.4) is 0 Å². The molecule has 0 atom stereocenters. The Labute approximate surface area is 121 Å². The van der Waals surface area contributed by atoms with Gasteiger partial charge >= 0.3 is 6.18 Å². The van der Waals surface area contributed by atoms with Gasteiger partial charge in [0.25, 0.3) is 0 Å². The number of halogens is 4. The van der Waals surface area contributed by atoms with E-state index in [4.69, 9.17) is 4.74 Å². The van der Waals surface area contributed by atoms with Crippen LogP contribution in [0.1, 0.15) is 11.1 Å². The minimum atomic E-state index is -4.45. The van der Waals surface area contributed by atoms with Gasteiger partial charge in [-0.2, -0.15) is 13.2 Å². The molecule has 0 radical (unpaired) electrons. The lowest BCUT2D eigenvalue weighted by Gasteiger charge is -2.14. The van der Waals surface area contributed by atoms with E-state index < -0.39 is 11.7 Å². The molecular weight excluding hydrogens is 283 g/mol. The summed E-state index contributed by atoms with van der Waals surface area (Å²) in [4.78, 5) is 0. The first kappa shape index (κ1) is 15.4. The maximum absolute atomic E-state index is 12.9. The van der Waals surface area contributed by atoms with E-state index in [1.54, 1.807) is 26.0 Å². The normalized spacial score (nSPS) is 11.4. The van der Waals surface area contributed by atoms with E-state index in [1.807, 2.05) is 0 Å². The zero-order chi connectivity index (χ0) is 15.5. The Balaban J connectivity index is 2.05. The van der Waals surface area contributed by atoms with Gasteiger partial charge < -0.3 is 4.74 Å². The van der Waals surface area contributed by atoms with Crippen molar-refractivity contribution in [3.05, 3.63) is 59.4 Å². The molecule has 0 amide bonds. The molecule has 0 aliphatic heterocycles. The third kappa shape index (κ3) is 4.24. The fourth-order valence-corrected chi connectivity index (χ4v) is 1.92. The van der Waals surface area contributed by atoms with Crippen LogP contribution < -0.4 is 10.2 Å². The predicted octanol–water partition coefficient (Wildman–Crippen LogP) is 2.72. The summed E-state index contributed by atoms with van der Waals surface area (Å²) in [6.45, 7) is 0.0950. The van der Waals surface area contributed by atoms with E-state index >= 15 is 0 Å². The van der Waals surface area contributed by atoms with E-state index in [0.717, 1.165) is 11.6 Å². The second-order valence-electron chi connectivity index (χ2n) is 4.72. The van der Waals surface area contributed by atoms with Gasteiger partial charge in [-0.15, -0.1) is 0 Å². The van der Waals surface area contributed by atoms with Crippen LogP contribution in [0.5, 0.6) is 5.75 Å². The first-order valence-electron chi connectivity index (χ1n) is 6.41. The highest BCUT2D eigenvalue weighted by molar-refractivity contribution is 6.32. The van der Waals surface area contributed by atoms with Crippen LogP contribution in [0.2, 0.25) is 0 Å². The monoisotopic (exact) mass is 296 g/mol. The molecule has 0 bridgehead atoms. The van der Waals surface area contributed by atoms with Gasteiger partial charge in [0, 0.05) is 6.42 Å². The van der Waals surface area contributed by atoms with E-state index in [9.17, 15) is 17.6 Å². The van der Waals surface area contributed by atoms with Gasteiger partial charge in [-0.3, -0.25) is 0 Å². The molecule has 110 valence electrons. The van der Waals surface area contributed by atoms with Crippen molar-refractivity contribution in [2.45, 2.75) is 12.6 Å². The standard InChI is InChI=1S/C15H13BF4O/c16-11-3-6-14(13(9-11)15(18,19)20)21-8-7-10-1-4-12(17)5-2-10/h1-6,9H,7-8,16H2. The SMILES string of the molecule is Bc1ccc(OCCc2ccc(F)cc2)c(C(F)(F)F)c1. The zero-order valence-electron chi connectivity index (χ0n) is 11.4. The number of ether oxygens (including phenoxy) is 1. The molecule has 0 aliphatic carbocycles. The van der Waals surface area contributed by atoms with Crippen molar-refractivity contribution in [1.82, 2.24) is 0 Å². The largest absolute Gasteiger partial charge is 0.493 e. The molecule has 0 saturated carbocycles. The lowest BCUT2D eigenvalue weighted by molar-refractivity contribution is -0.138. The third-order valence-electron chi connectivity index (χ3n) is 3.00. The summed E-state index contributed by atoms with van der Waals surface area (Å²) in [6.07, 6.45) is -4.04. The van der Waals surface area contributed by atoms with Crippen LogP contribution in [0.15, 0.2) is 42.5 Å². The highest BCUT2D eigenvalue weighted by Gasteiger charge is 2.34. The highest BCUT2D eigenvalue weighted by atomic mass is 19.4. The van der Waals surface area contributed by atoms with Gasteiger partial charge in [-0.25, -0.2) is 4.39 Å². The Morgan fingerprint density at radius 1 is 1.00 bits per heavy atom. The summed E-state index contributed by atoms with van der Waals surface area (Å²) in [5.41, 5.74) is 0.548. The molecular formula is C15H13BF4O. The summed E-state index contributed by atoms with van der Waals surface area (Å²) < 4.78 is 56.7. The molecule has 6 heteroatoms. The second-order valence-corrected chi connectivity index (χ2v) is 4.72. The Morgan fingerprint density at radius 3 is 2.29 bits per heavy atom. The quantitative estimate of drug-likeness (QED) is 0.622. The fraction of sp³-hybridized carbons (Fsp3) is 0.200. The number of rotatable bonds is 4. The van der Waals surface area contributed by atoms with Crippen molar-refractivity contribution in [3.8, 4) is 5.75 Å². The van der Waals surface area contributed by atoms with Crippen molar-refractivity contribution >= 4 is 13.3 Å². The van der Waals surface area contributed by atoms with Crippen LogP contribution in [-0.4, -0.2) is 14.5 Å². The molecule has 0 fully saturated rings. The molecule has 2 aromatic rings. The Morgan fingerprint density at radius 2 is 1.67 bits per heavy atom. The smallest absolute Gasteiger partial charge is 0.419 e. The van der Waals surface area contributed by atoms with Crippen molar-refractivity contribution in [1.29, 1.82) is 0 Å². The van der Waals surface area contributed by atoms with E-state index in [2.05, 4.69) is 0 Å². The van der Waals surface area contributed by atoms with Crippen molar-refractivity contribution in [3.63, 3.8) is 0 Å². The van der Waals surface area contributed by atoms with E-state index in [1.165, 1.54) is 18.2 Å². The minimum Gasteiger partial charge on any atom is -0.493 e. The molecule has 2 aromatic carbocycles. The highest BCUT2D eigenvalue weighted by Crippen LogP contribution is 2.35. The zero-order valence-corrected chi connectivity index (χ0v) is 11.4. The van der Waals surface area contributed by atoms with E-state index in [-0.39, 0.29) is 18.2 Å². The number of benzene rings is 2. The number of hydrogen-bond acceptors (Lipinski definition) is 1. The second kappa shape index (κ2) is 6.20. The van der Waals surface area contributed by atoms with Gasteiger partial charge in [0.05, 0.1) is 12.2 Å². The number of alkyl halides is 3. The van der Waals surface area contributed by atoms with Crippen LogP contribution >= 0.6 is 0 Å². The third-order valence-corrected chi connectivity index (χ3v) is 3.00. The van der Waals surface area contributed by atoms with Crippen molar-refractivity contribution in [2.75, 3.05) is 6.61 Å². The Bertz CT molecular complexity index is 608. The molecule has 0 saturated heterocycles. The first-order valence-corrected chi connectivity index (χ1v) is 6.41. The topological polar surface area (TPSA) is 9.23 Å². The molecule has 2 rings (SSSR count). The summed E-state index contributed by atoms with van der Waals surface area (Å²) in [6, 6.07) is 9.74. The molecule has 1 nitrogen and oxygen atoms in total. The van der Waals surface area contributed by atoms with Gasteiger partial charge in [-0.05, 0) is 23.8 Å². The molecule has 0 N–H and O–H groups in total. The molecule has 21 heavy (non-hydrogen) atoms. The molecule has 0 heterocycles. The number of hydrogen-bond donors (Lipinski definition) is 0. The molecule has 0 aromatic heterocycles. The van der Waals surface area contributed by atoms with Gasteiger partial charge in [-0.1, -0.05) is 29.7 Å². The molecule has 0 aliphatic rings. The Hall–Kier alpha value is -1.98.